The highest BCUT2D eigenvalue weighted by Gasteiger charge is 1.81. The molecular weight excluding hydrogens is 192 g/mol. The van der Waals surface area contributed by atoms with Crippen molar-refractivity contribution in [1.82, 2.24) is 0 Å². The molecular formula is C12H22O3. The molecule has 0 spiro atoms. The number of ether oxygens (including phenoxy) is 2. The van der Waals surface area contributed by atoms with Crippen molar-refractivity contribution in [2.45, 2.75) is 26.7 Å². The Morgan fingerprint density at radius 1 is 0.933 bits per heavy atom. The van der Waals surface area contributed by atoms with Crippen LogP contribution in [0.5, 0.6) is 0 Å². The van der Waals surface area contributed by atoms with Crippen molar-refractivity contribution in [3.8, 4) is 0 Å². The monoisotopic (exact) mass is 214 g/mol. The van der Waals surface area contributed by atoms with Crippen LogP contribution in [0.1, 0.15) is 26.7 Å². The van der Waals surface area contributed by atoms with Crippen LogP contribution in [-0.2, 0) is 9.47 Å². The Bertz CT molecular complexity index is 173. The van der Waals surface area contributed by atoms with Crippen LogP contribution in [-0.4, -0.2) is 5.48 Å². The van der Waals surface area contributed by atoms with Gasteiger partial charge in [-0.05, 0) is 0 Å². The van der Waals surface area contributed by atoms with Gasteiger partial charge in [-0.1, -0.05) is 40.2 Å². The van der Waals surface area contributed by atoms with Crippen molar-refractivity contribution in [3.05, 3.63) is 50.4 Å². The summed E-state index contributed by atoms with van der Waals surface area (Å²) in [6.45, 7) is 17.8. The largest absolute Gasteiger partial charge is 0.471 e. The summed E-state index contributed by atoms with van der Waals surface area (Å²) < 4.78 is 9.52. The predicted octanol–water partition coefficient (Wildman–Crippen LogP) is 3.32. The zero-order valence-corrected chi connectivity index (χ0v) is 9.71. The minimum atomic E-state index is 0. The third kappa shape index (κ3) is 19.1. The second-order valence-electron chi connectivity index (χ2n) is 2.35. The van der Waals surface area contributed by atoms with Gasteiger partial charge in [0.1, 0.15) is 0 Å². The number of hydrogen-bond acceptors (Lipinski definition) is 2. The van der Waals surface area contributed by atoms with E-state index in [1.807, 2.05) is 13.8 Å². The van der Waals surface area contributed by atoms with Crippen LogP contribution in [0.15, 0.2) is 50.4 Å². The van der Waals surface area contributed by atoms with Crippen molar-refractivity contribution < 1.29 is 14.9 Å². The van der Waals surface area contributed by atoms with Gasteiger partial charge in [0.25, 0.3) is 0 Å². The molecule has 0 aromatic rings. The van der Waals surface area contributed by atoms with Gasteiger partial charge in [0, 0.05) is 12.8 Å². The Kier molecular flexibility index (Phi) is 19.2. The molecule has 2 N–H and O–H groups in total. The van der Waals surface area contributed by atoms with Crippen LogP contribution in [0.4, 0.5) is 0 Å². The van der Waals surface area contributed by atoms with Crippen molar-refractivity contribution in [2.75, 3.05) is 0 Å². The Morgan fingerprint density at radius 2 is 1.20 bits per heavy atom. The molecule has 3 nitrogen and oxygen atoms in total. The summed E-state index contributed by atoms with van der Waals surface area (Å²) in [6.07, 6.45) is 4.47. The Balaban J connectivity index is -0.000000180. The second-order valence-corrected chi connectivity index (χ2v) is 2.35. The third-order valence-electron chi connectivity index (χ3n) is 1.29. The van der Waals surface area contributed by atoms with Gasteiger partial charge >= 0.3 is 0 Å². The van der Waals surface area contributed by atoms with E-state index < -0.39 is 0 Å². The second kappa shape index (κ2) is 15.0. The van der Waals surface area contributed by atoms with Gasteiger partial charge in [-0.25, -0.2) is 0 Å². The van der Waals surface area contributed by atoms with Gasteiger partial charge in [0.15, 0.2) is 0 Å². The highest BCUT2D eigenvalue weighted by atomic mass is 16.5. The summed E-state index contributed by atoms with van der Waals surface area (Å²) >= 11 is 0. The van der Waals surface area contributed by atoms with E-state index in [0.29, 0.717) is 0 Å². The molecule has 0 saturated heterocycles. The first-order chi connectivity index (χ1) is 6.62. The Labute approximate surface area is 92.7 Å². The molecule has 0 amide bonds. The highest BCUT2D eigenvalue weighted by Crippen LogP contribution is 1.97. The van der Waals surface area contributed by atoms with Crippen molar-refractivity contribution >= 4 is 0 Å². The van der Waals surface area contributed by atoms with E-state index in [9.17, 15) is 0 Å². The molecule has 0 radical (unpaired) electrons. The first kappa shape index (κ1) is 19.1. The molecule has 0 unspecified atom stereocenters. The molecule has 0 atom stereocenters. The molecule has 0 rings (SSSR count). The summed E-state index contributed by atoms with van der Waals surface area (Å²) in [5, 5.41) is 0. The van der Waals surface area contributed by atoms with Gasteiger partial charge in [-0.3, -0.25) is 0 Å². The van der Waals surface area contributed by atoms with Crippen molar-refractivity contribution in [3.63, 3.8) is 0 Å². The molecule has 0 saturated carbocycles. The van der Waals surface area contributed by atoms with Crippen LogP contribution in [0, 0.1) is 0 Å². The summed E-state index contributed by atoms with van der Waals surface area (Å²) in [5.74, 6) is 1.52. The van der Waals surface area contributed by atoms with Gasteiger partial charge in [-0.2, -0.15) is 0 Å². The molecule has 0 aliphatic carbocycles. The van der Waals surface area contributed by atoms with Gasteiger partial charge in [0.05, 0.1) is 24.0 Å². The lowest BCUT2D eigenvalue weighted by atomic mass is 10.4. The Morgan fingerprint density at radius 3 is 1.27 bits per heavy atom. The fraction of sp³-hybridized carbons (Fsp3) is 0.333. The van der Waals surface area contributed by atoms with E-state index in [1.165, 1.54) is 12.5 Å². The average Bonchev–Trinajstić information content (AvgIpc) is 2.19. The molecule has 0 aliphatic rings. The zero-order chi connectivity index (χ0) is 11.4. The smallest absolute Gasteiger partial charge is 0.0957 e. The summed E-state index contributed by atoms with van der Waals surface area (Å²) in [5.41, 5.74) is 0. The zero-order valence-electron chi connectivity index (χ0n) is 9.71. The molecule has 0 fully saturated rings. The molecule has 0 aliphatic heterocycles. The van der Waals surface area contributed by atoms with Crippen LogP contribution in [0.2, 0.25) is 0 Å². The molecule has 0 aromatic heterocycles. The minimum Gasteiger partial charge on any atom is -0.471 e. The van der Waals surface area contributed by atoms with E-state index in [4.69, 9.17) is 9.47 Å². The lowest BCUT2D eigenvalue weighted by Crippen LogP contribution is -1.76. The number of allylic oxidation sites excluding steroid dienone is 2. The summed E-state index contributed by atoms with van der Waals surface area (Å²) in [7, 11) is 0. The van der Waals surface area contributed by atoms with E-state index in [1.54, 1.807) is 0 Å². The van der Waals surface area contributed by atoms with Crippen molar-refractivity contribution in [1.29, 1.82) is 0 Å². The fourth-order valence-corrected chi connectivity index (χ4v) is 0.402. The SMILES string of the molecule is C=COC(=C)CC.C=COC(=C)CC.O. The first-order valence-corrected chi connectivity index (χ1v) is 4.52. The van der Waals surface area contributed by atoms with Crippen LogP contribution in [0.25, 0.3) is 0 Å². The maximum absolute atomic E-state index is 4.76. The molecule has 0 aromatic carbocycles. The highest BCUT2D eigenvalue weighted by molar-refractivity contribution is 4.82. The van der Waals surface area contributed by atoms with Gasteiger partial charge in [0.2, 0.25) is 0 Å². The van der Waals surface area contributed by atoms with E-state index >= 15 is 0 Å². The van der Waals surface area contributed by atoms with Crippen LogP contribution < -0.4 is 0 Å². The van der Waals surface area contributed by atoms with E-state index in [-0.39, 0.29) is 5.48 Å². The molecule has 0 heterocycles. The molecule has 0 bridgehead atoms. The number of hydrogen-bond donors (Lipinski definition) is 0. The normalized spacial score (nSPS) is 7.07. The maximum atomic E-state index is 4.76. The quantitative estimate of drug-likeness (QED) is 0.637. The summed E-state index contributed by atoms with van der Waals surface area (Å²) in [6, 6.07) is 0. The molecule has 3 heteroatoms. The summed E-state index contributed by atoms with van der Waals surface area (Å²) in [4.78, 5) is 0. The van der Waals surface area contributed by atoms with Gasteiger partial charge < -0.3 is 14.9 Å². The minimum absolute atomic E-state index is 0. The standard InChI is InChI=1S/2C6H10O.H2O/c2*1-4-6(3)7-5-2;/h2*5H,2-4H2,1H3;1H2. The van der Waals surface area contributed by atoms with E-state index in [2.05, 4.69) is 26.3 Å². The van der Waals surface area contributed by atoms with Crippen LogP contribution in [0.3, 0.4) is 0 Å². The van der Waals surface area contributed by atoms with E-state index in [0.717, 1.165) is 24.4 Å². The average molecular weight is 214 g/mol. The third-order valence-corrected chi connectivity index (χ3v) is 1.29. The predicted molar refractivity (Wildman–Crippen MR) is 65.0 cm³/mol. The van der Waals surface area contributed by atoms with Crippen molar-refractivity contribution in [2.24, 2.45) is 0 Å². The lowest BCUT2D eigenvalue weighted by molar-refractivity contribution is 0.341. The topological polar surface area (TPSA) is 50.0 Å². The van der Waals surface area contributed by atoms with Gasteiger partial charge in [-0.15, -0.1) is 0 Å². The molecule has 15 heavy (non-hydrogen) atoms. The maximum Gasteiger partial charge on any atom is 0.0957 e. The lowest BCUT2D eigenvalue weighted by Gasteiger charge is -1.95. The molecule has 88 valence electrons. The fourth-order valence-electron chi connectivity index (χ4n) is 0.402. The van der Waals surface area contributed by atoms with Crippen LogP contribution >= 0.6 is 0 Å². The Hall–Kier alpha value is -1.48. The number of rotatable bonds is 6. The first-order valence-electron chi connectivity index (χ1n) is 4.52.